The molecule has 0 aliphatic carbocycles. The Balaban J connectivity index is 1.71. The number of aromatic nitrogens is 6. The van der Waals surface area contributed by atoms with Crippen molar-refractivity contribution in [1.29, 1.82) is 0 Å². The van der Waals surface area contributed by atoms with Gasteiger partial charge in [0.05, 0.1) is 11.2 Å². The molecular formula is C15H16ClN7O. The van der Waals surface area contributed by atoms with Crippen LogP contribution in [0.4, 0.5) is 0 Å². The summed E-state index contributed by atoms with van der Waals surface area (Å²) in [7, 11) is 1.75. The number of aromatic amines is 1. The number of carbonyl (C=O) groups is 1. The Morgan fingerprint density at radius 1 is 1.46 bits per heavy atom. The molecule has 1 amide bonds. The van der Waals surface area contributed by atoms with Gasteiger partial charge in [-0.2, -0.15) is 10.3 Å². The zero-order valence-electron chi connectivity index (χ0n) is 13.2. The van der Waals surface area contributed by atoms with Crippen molar-refractivity contribution in [1.82, 2.24) is 35.3 Å². The minimum Gasteiger partial charge on any atom is -0.340 e. The van der Waals surface area contributed by atoms with E-state index in [1.165, 1.54) is 6.20 Å². The van der Waals surface area contributed by atoms with E-state index in [9.17, 15) is 4.79 Å². The van der Waals surface area contributed by atoms with E-state index >= 15 is 0 Å². The van der Waals surface area contributed by atoms with Crippen LogP contribution in [-0.4, -0.2) is 48.3 Å². The molecule has 124 valence electrons. The van der Waals surface area contributed by atoms with Gasteiger partial charge in [-0.15, -0.1) is 10.2 Å². The molecular weight excluding hydrogens is 330 g/mol. The number of benzene rings is 1. The molecule has 0 aliphatic heterocycles. The molecule has 0 saturated carbocycles. The van der Waals surface area contributed by atoms with Crippen molar-refractivity contribution in [3.05, 3.63) is 47.2 Å². The molecule has 9 heteroatoms. The van der Waals surface area contributed by atoms with E-state index in [2.05, 4.69) is 25.7 Å². The molecule has 8 nitrogen and oxygen atoms in total. The molecule has 0 fully saturated rings. The maximum absolute atomic E-state index is 12.6. The van der Waals surface area contributed by atoms with Gasteiger partial charge in [-0.1, -0.05) is 29.8 Å². The number of nitrogens with zero attached hydrogens (tertiary/aromatic N) is 6. The maximum atomic E-state index is 12.6. The molecule has 0 bridgehead atoms. The number of halogens is 1. The van der Waals surface area contributed by atoms with Crippen LogP contribution in [0, 0.1) is 0 Å². The quantitative estimate of drug-likeness (QED) is 0.762. The van der Waals surface area contributed by atoms with E-state index in [-0.39, 0.29) is 5.91 Å². The first kappa shape index (κ1) is 16.1. The van der Waals surface area contributed by atoms with Crippen molar-refractivity contribution >= 4 is 17.5 Å². The molecule has 3 aromatic rings. The van der Waals surface area contributed by atoms with Gasteiger partial charge in [0.1, 0.15) is 6.04 Å². The fourth-order valence-corrected chi connectivity index (χ4v) is 2.55. The molecule has 3 rings (SSSR count). The Hall–Kier alpha value is -2.74. The van der Waals surface area contributed by atoms with Crippen LogP contribution >= 0.6 is 11.6 Å². The second-order valence-electron chi connectivity index (χ2n) is 5.44. The molecule has 24 heavy (non-hydrogen) atoms. The van der Waals surface area contributed by atoms with Crippen molar-refractivity contribution < 1.29 is 4.79 Å². The van der Waals surface area contributed by atoms with Crippen molar-refractivity contribution in [2.45, 2.75) is 19.5 Å². The molecule has 0 aliphatic rings. The third-order valence-corrected chi connectivity index (χ3v) is 3.85. The van der Waals surface area contributed by atoms with Gasteiger partial charge >= 0.3 is 0 Å². The standard InChI is InChI=1S/C15H16ClN7O/c1-10(23-9-13(16)7-17-23)15(24)22(2)8-11-4-3-5-12(6-11)14-18-20-21-19-14/h3-7,9-10H,8H2,1-2H3,(H,18,19,20,21)/t10-/m0/s1. The van der Waals surface area contributed by atoms with Crippen LogP contribution in [0.5, 0.6) is 0 Å². The Kier molecular flexibility index (Phi) is 4.57. The average Bonchev–Trinajstić information content (AvgIpc) is 3.25. The molecule has 1 N–H and O–H groups in total. The van der Waals surface area contributed by atoms with Gasteiger partial charge in [-0.05, 0) is 23.8 Å². The highest BCUT2D eigenvalue weighted by Crippen LogP contribution is 2.18. The summed E-state index contributed by atoms with van der Waals surface area (Å²) in [5.74, 6) is 0.463. The number of rotatable bonds is 5. The molecule has 1 atom stereocenters. The molecule has 0 radical (unpaired) electrons. The first-order chi connectivity index (χ1) is 11.5. The van der Waals surface area contributed by atoms with Crippen molar-refractivity contribution in [3.63, 3.8) is 0 Å². The third kappa shape index (κ3) is 3.43. The van der Waals surface area contributed by atoms with Gasteiger partial charge < -0.3 is 4.90 Å². The van der Waals surface area contributed by atoms with Crippen LogP contribution in [0.1, 0.15) is 18.5 Å². The van der Waals surface area contributed by atoms with E-state index in [0.29, 0.717) is 17.4 Å². The highest BCUT2D eigenvalue weighted by molar-refractivity contribution is 6.30. The summed E-state index contributed by atoms with van der Waals surface area (Å²) >= 11 is 5.86. The first-order valence-corrected chi connectivity index (χ1v) is 7.70. The van der Waals surface area contributed by atoms with Crippen LogP contribution in [0.25, 0.3) is 11.4 Å². The third-order valence-electron chi connectivity index (χ3n) is 3.65. The maximum Gasteiger partial charge on any atom is 0.247 e. The van der Waals surface area contributed by atoms with Crippen LogP contribution in [-0.2, 0) is 11.3 Å². The van der Waals surface area contributed by atoms with E-state index < -0.39 is 6.04 Å². The van der Waals surface area contributed by atoms with E-state index in [1.807, 2.05) is 24.3 Å². The van der Waals surface area contributed by atoms with Crippen LogP contribution in [0.2, 0.25) is 5.02 Å². The van der Waals surface area contributed by atoms with Crippen molar-refractivity contribution in [2.24, 2.45) is 0 Å². The minimum absolute atomic E-state index is 0.0558. The summed E-state index contributed by atoms with van der Waals surface area (Å²) in [5.41, 5.74) is 1.81. The highest BCUT2D eigenvalue weighted by Gasteiger charge is 2.20. The lowest BCUT2D eigenvalue weighted by atomic mass is 10.1. The van der Waals surface area contributed by atoms with Gasteiger partial charge in [0.2, 0.25) is 11.7 Å². The predicted octanol–water partition coefficient (Wildman–Crippen LogP) is 1.94. The molecule has 1 aromatic carbocycles. The fourth-order valence-electron chi connectivity index (χ4n) is 2.40. The SMILES string of the molecule is C[C@@H](C(=O)N(C)Cc1cccc(-c2nn[nH]n2)c1)n1cc(Cl)cn1. The number of hydrogen-bond acceptors (Lipinski definition) is 5. The lowest BCUT2D eigenvalue weighted by Gasteiger charge is -2.22. The second kappa shape index (κ2) is 6.79. The summed E-state index contributed by atoms with van der Waals surface area (Å²) in [6.07, 6.45) is 3.15. The molecule has 2 aromatic heterocycles. The smallest absolute Gasteiger partial charge is 0.247 e. The van der Waals surface area contributed by atoms with Gasteiger partial charge in [0.15, 0.2) is 0 Å². The highest BCUT2D eigenvalue weighted by atomic mass is 35.5. The minimum atomic E-state index is -0.428. The van der Waals surface area contributed by atoms with E-state index in [4.69, 9.17) is 11.6 Å². The molecule has 0 spiro atoms. The predicted molar refractivity (Wildman–Crippen MR) is 88.0 cm³/mol. The summed E-state index contributed by atoms with van der Waals surface area (Å²) < 4.78 is 1.55. The Morgan fingerprint density at radius 3 is 2.96 bits per heavy atom. The topological polar surface area (TPSA) is 92.6 Å². The van der Waals surface area contributed by atoms with Gasteiger partial charge in [-0.3, -0.25) is 9.48 Å². The zero-order chi connectivity index (χ0) is 17.1. The average molecular weight is 346 g/mol. The fraction of sp³-hybridized carbons (Fsp3) is 0.267. The zero-order valence-corrected chi connectivity index (χ0v) is 14.0. The Bertz CT molecular complexity index is 830. The number of amides is 1. The van der Waals surface area contributed by atoms with E-state index in [0.717, 1.165) is 11.1 Å². The lowest BCUT2D eigenvalue weighted by Crippen LogP contribution is -2.32. The summed E-state index contributed by atoms with van der Waals surface area (Å²) in [6.45, 7) is 2.25. The first-order valence-electron chi connectivity index (χ1n) is 7.32. The van der Waals surface area contributed by atoms with E-state index in [1.54, 1.807) is 29.7 Å². The largest absolute Gasteiger partial charge is 0.340 e. The van der Waals surface area contributed by atoms with Gasteiger partial charge in [0.25, 0.3) is 0 Å². The summed E-state index contributed by atoms with van der Waals surface area (Å²) in [5, 5.41) is 18.5. The molecule has 0 saturated heterocycles. The lowest BCUT2D eigenvalue weighted by molar-refractivity contribution is -0.133. The molecule has 2 heterocycles. The summed E-state index contributed by atoms with van der Waals surface area (Å²) in [4.78, 5) is 14.2. The normalized spacial score (nSPS) is 12.1. The number of carbonyl (C=O) groups excluding carboxylic acids is 1. The van der Waals surface area contributed by atoms with Crippen LogP contribution < -0.4 is 0 Å². The van der Waals surface area contributed by atoms with Crippen molar-refractivity contribution in [2.75, 3.05) is 7.05 Å². The Morgan fingerprint density at radius 2 is 2.29 bits per heavy atom. The number of tetrazole rings is 1. The number of likely N-dealkylation sites (N-methyl/N-ethyl adjacent to an activating group) is 1. The Labute approximate surface area is 143 Å². The number of hydrogen-bond donors (Lipinski definition) is 1. The van der Waals surface area contributed by atoms with Crippen LogP contribution in [0.15, 0.2) is 36.7 Å². The number of nitrogens with one attached hydrogen (secondary N) is 1. The van der Waals surface area contributed by atoms with Gasteiger partial charge in [0, 0.05) is 25.4 Å². The van der Waals surface area contributed by atoms with Gasteiger partial charge in [-0.25, -0.2) is 0 Å². The summed E-state index contributed by atoms with van der Waals surface area (Å²) in [6, 6.07) is 7.25. The monoisotopic (exact) mass is 345 g/mol. The van der Waals surface area contributed by atoms with Crippen LogP contribution in [0.3, 0.4) is 0 Å². The molecule has 0 unspecified atom stereocenters. The second-order valence-corrected chi connectivity index (χ2v) is 5.88. The number of H-pyrrole nitrogens is 1. The van der Waals surface area contributed by atoms with Crippen molar-refractivity contribution in [3.8, 4) is 11.4 Å².